The SMILES string of the molecule is COc1cccc(C(C)C(=O)NC(CCN(CCCCc2ccc3c(n2)NCCC3)CC(CF)OC)C(=O)O)n1. The van der Waals surface area contributed by atoms with Crippen molar-refractivity contribution < 1.29 is 28.6 Å². The molecule has 0 aliphatic carbocycles. The highest BCUT2D eigenvalue weighted by Crippen LogP contribution is 2.20. The van der Waals surface area contributed by atoms with E-state index >= 15 is 0 Å². The number of aromatic nitrogens is 2. The number of unbranched alkanes of at least 4 members (excludes halogenated alkanes) is 1. The van der Waals surface area contributed by atoms with Gasteiger partial charge in [-0.3, -0.25) is 4.79 Å². The first kappa shape index (κ1) is 31.2. The van der Waals surface area contributed by atoms with Crippen LogP contribution in [-0.2, 0) is 27.2 Å². The Kier molecular flexibility index (Phi) is 12.5. The molecule has 0 aromatic carbocycles. The lowest BCUT2D eigenvalue weighted by molar-refractivity contribution is -0.142. The number of carbonyl (C=O) groups excluding carboxylic acids is 1. The molecule has 10 nitrogen and oxygen atoms in total. The standard InChI is InChI=1S/C29H42FN5O5/c1-20(24-10-6-11-26(33-24)40-3)28(36)34-25(29(37)38)14-17-35(19-23(18-30)39-2)16-5-4-9-22-13-12-21-8-7-15-31-27(21)32-22/h6,10-13,20,23,25H,4-5,7-9,14-19H2,1-3H3,(H,31,32)(H,34,36)(H,37,38). The maximum absolute atomic E-state index is 13.4. The van der Waals surface area contributed by atoms with Crippen LogP contribution in [-0.4, -0.2) is 91.1 Å². The number of carboxylic acid groups (broad SMARTS) is 1. The van der Waals surface area contributed by atoms with Gasteiger partial charge in [-0.2, -0.15) is 0 Å². The lowest BCUT2D eigenvalue weighted by Crippen LogP contribution is -2.45. The van der Waals surface area contributed by atoms with Crippen LogP contribution in [0.15, 0.2) is 30.3 Å². The molecule has 0 radical (unpaired) electrons. The molecule has 1 aliphatic heterocycles. The van der Waals surface area contributed by atoms with E-state index in [1.54, 1.807) is 25.1 Å². The van der Waals surface area contributed by atoms with E-state index in [2.05, 4.69) is 27.8 Å². The largest absolute Gasteiger partial charge is 0.481 e. The second-order valence-electron chi connectivity index (χ2n) is 10.1. The number of amides is 1. The Morgan fingerprint density at radius 2 is 2.00 bits per heavy atom. The highest BCUT2D eigenvalue weighted by Gasteiger charge is 2.26. The summed E-state index contributed by atoms with van der Waals surface area (Å²) < 4.78 is 23.8. The van der Waals surface area contributed by atoms with E-state index in [0.717, 1.165) is 50.2 Å². The van der Waals surface area contributed by atoms with Crippen LogP contribution < -0.4 is 15.4 Å². The van der Waals surface area contributed by atoms with Crippen molar-refractivity contribution in [3.8, 4) is 5.88 Å². The molecule has 11 heteroatoms. The average Bonchev–Trinajstić information content (AvgIpc) is 2.98. The van der Waals surface area contributed by atoms with Crippen molar-refractivity contribution in [2.45, 2.75) is 63.5 Å². The van der Waals surface area contributed by atoms with E-state index in [1.807, 2.05) is 4.90 Å². The molecule has 3 heterocycles. The number of nitrogens with zero attached hydrogens (tertiary/aromatic N) is 3. The number of fused-ring (bicyclic) bond motifs is 1. The van der Waals surface area contributed by atoms with Crippen LogP contribution in [0.2, 0.25) is 0 Å². The fraction of sp³-hybridized carbons (Fsp3) is 0.586. The van der Waals surface area contributed by atoms with Crippen molar-refractivity contribution in [3.05, 3.63) is 47.3 Å². The molecule has 0 fully saturated rings. The molecular formula is C29H42FN5O5. The van der Waals surface area contributed by atoms with Gasteiger partial charge in [-0.1, -0.05) is 12.1 Å². The van der Waals surface area contributed by atoms with Crippen LogP contribution in [0.25, 0.3) is 0 Å². The zero-order chi connectivity index (χ0) is 28.9. The number of ether oxygens (including phenoxy) is 2. The topological polar surface area (TPSA) is 126 Å². The maximum atomic E-state index is 13.4. The van der Waals surface area contributed by atoms with E-state index in [1.165, 1.54) is 19.8 Å². The third kappa shape index (κ3) is 9.41. The van der Waals surface area contributed by atoms with Gasteiger partial charge in [0.05, 0.1) is 24.8 Å². The predicted molar refractivity (Wildman–Crippen MR) is 151 cm³/mol. The fourth-order valence-corrected chi connectivity index (χ4v) is 4.70. The molecule has 3 atom stereocenters. The second kappa shape index (κ2) is 16.1. The smallest absolute Gasteiger partial charge is 0.326 e. The first-order valence-electron chi connectivity index (χ1n) is 13.9. The Morgan fingerprint density at radius 1 is 1.18 bits per heavy atom. The third-order valence-electron chi connectivity index (χ3n) is 7.22. The van der Waals surface area contributed by atoms with Gasteiger partial charge in [-0.25, -0.2) is 19.2 Å². The molecule has 3 unspecified atom stereocenters. The lowest BCUT2D eigenvalue weighted by atomic mass is 10.0. The van der Waals surface area contributed by atoms with Crippen molar-refractivity contribution in [1.29, 1.82) is 0 Å². The number of aryl methyl sites for hydroxylation is 2. The number of carboxylic acids is 1. The number of nitrogens with one attached hydrogen (secondary N) is 2. The minimum absolute atomic E-state index is 0.167. The van der Waals surface area contributed by atoms with Crippen LogP contribution >= 0.6 is 0 Å². The molecule has 40 heavy (non-hydrogen) atoms. The van der Waals surface area contributed by atoms with Crippen molar-refractivity contribution in [2.75, 3.05) is 52.4 Å². The van der Waals surface area contributed by atoms with E-state index in [9.17, 15) is 19.1 Å². The molecule has 1 amide bonds. The molecule has 2 aromatic rings. The number of halogens is 1. The Labute approximate surface area is 235 Å². The van der Waals surface area contributed by atoms with Crippen LogP contribution in [0, 0.1) is 0 Å². The van der Waals surface area contributed by atoms with Crippen LogP contribution in [0.1, 0.15) is 55.5 Å². The van der Waals surface area contributed by atoms with Gasteiger partial charge in [0, 0.05) is 38.5 Å². The summed E-state index contributed by atoms with van der Waals surface area (Å²) in [4.78, 5) is 35.9. The average molecular weight is 560 g/mol. The van der Waals surface area contributed by atoms with Gasteiger partial charge in [-0.05, 0) is 69.7 Å². The molecule has 1 aliphatic rings. The highest BCUT2D eigenvalue weighted by molar-refractivity contribution is 5.87. The van der Waals surface area contributed by atoms with Gasteiger partial charge in [0.25, 0.3) is 0 Å². The lowest BCUT2D eigenvalue weighted by Gasteiger charge is -2.27. The number of anilines is 1. The summed E-state index contributed by atoms with van der Waals surface area (Å²) in [5.74, 6) is -0.869. The molecule has 3 N–H and O–H groups in total. The highest BCUT2D eigenvalue weighted by atomic mass is 19.1. The summed E-state index contributed by atoms with van der Waals surface area (Å²) in [7, 11) is 2.95. The number of aliphatic carboxylic acids is 1. The zero-order valence-electron chi connectivity index (χ0n) is 23.7. The maximum Gasteiger partial charge on any atom is 0.326 e. The van der Waals surface area contributed by atoms with Gasteiger partial charge in [0.1, 0.15) is 18.5 Å². The summed E-state index contributed by atoms with van der Waals surface area (Å²) in [5.41, 5.74) is 2.77. The Balaban J connectivity index is 1.54. The van der Waals surface area contributed by atoms with E-state index in [0.29, 0.717) is 31.2 Å². The molecule has 0 bridgehead atoms. The minimum atomic E-state index is -1.13. The second-order valence-corrected chi connectivity index (χ2v) is 10.1. The first-order valence-corrected chi connectivity index (χ1v) is 13.9. The minimum Gasteiger partial charge on any atom is -0.481 e. The summed E-state index contributed by atoms with van der Waals surface area (Å²) in [5, 5.41) is 15.8. The summed E-state index contributed by atoms with van der Waals surface area (Å²) in [6.45, 7) is 3.32. The number of methoxy groups -OCH3 is 2. The first-order chi connectivity index (χ1) is 19.3. The fourth-order valence-electron chi connectivity index (χ4n) is 4.70. The van der Waals surface area contributed by atoms with Gasteiger partial charge in [0.2, 0.25) is 11.8 Å². The predicted octanol–water partition coefficient (Wildman–Crippen LogP) is 3.22. The van der Waals surface area contributed by atoms with Crippen LogP contribution in [0.5, 0.6) is 5.88 Å². The third-order valence-corrected chi connectivity index (χ3v) is 7.22. The molecular weight excluding hydrogens is 517 g/mol. The molecule has 2 aromatic heterocycles. The molecule has 3 rings (SSSR count). The molecule has 0 saturated carbocycles. The number of carbonyl (C=O) groups is 2. The number of pyridine rings is 2. The quantitative estimate of drug-likeness (QED) is 0.251. The molecule has 0 spiro atoms. The Morgan fingerprint density at radius 3 is 2.73 bits per heavy atom. The number of rotatable bonds is 17. The van der Waals surface area contributed by atoms with E-state index in [4.69, 9.17) is 14.5 Å². The van der Waals surface area contributed by atoms with Crippen molar-refractivity contribution in [3.63, 3.8) is 0 Å². The zero-order valence-corrected chi connectivity index (χ0v) is 23.7. The summed E-state index contributed by atoms with van der Waals surface area (Å²) in [6, 6.07) is 8.23. The van der Waals surface area contributed by atoms with Crippen molar-refractivity contribution >= 4 is 17.7 Å². The number of hydrogen-bond donors (Lipinski definition) is 3. The van der Waals surface area contributed by atoms with Gasteiger partial charge in [0.15, 0.2) is 0 Å². The number of alkyl halides is 1. The normalized spacial score (nSPS) is 15.0. The Hall–Kier alpha value is -3.31. The molecule has 220 valence electrons. The number of hydrogen-bond acceptors (Lipinski definition) is 8. The summed E-state index contributed by atoms with van der Waals surface area (Å²) >= 11 is 0. The monoisotopic (exact) mass is 559 g/mol. The Bertz CT molecular complexity index is 1100. The van der Waals surface area contributed by atoms with Gasteiger partial charge in [-0.15, -0.1) is 0 Å². The van der Waals surface area contributed by atoms with Crippen LogP contribution in [0.3, 0.4) is 0 Å². The molecule has 0 saturated heterocycles. The van der Waals surface area contributed by atoms with Gasteiger partial charge >= 0.3 is 5.97 Å². The van der Waals surface area contributed by atoms with E-state index < -0.39 is 36.6 Å². The van der Waals surface area contributed by atoms with Crippen molar-refractivity contribution in [2.24, 2.45) is 0 Å². The summed E-state index contributed by atoms with van der Waals surface area (Å²) in [6.07, 6.45) is 4.27. The van der Waals surface area contributed by atoms with Crippen LogP contribution in [0.4, 0.5) is 10.2 Å². The van der Waals surface area contributed by atoms with Crippen molar-refractivity contribution in [1.82, 2.24) is 20.2 Å². The van der Waals surface area contributed by atoms with Gasteiger partial charge < -0.3 is 30.1 Å². The van der Waals surface area contributed by atoms with E-state index in [-0.39, 0.29) is 6.42 Å².